The number of aromatic nitrogens is 3. The highest BCUT2D eigenvalue weighted by molar-refractivity contribution is 8.00. The summed E-state index contributed by atoms with van der Waals surface area (Å²) >= 11 is 1.43. The Morgan fingerprint density at radius 1 is 1.10 bits per heavy atom. The van der Waals surface area contributed by atoms with Gasteiger partial charge in [-0.1, -0.05) is 5.16 Å². The zero-order chi connectivity index (χ0) is 21.2. The molecule has 1 aliphatic carbocycles. The molecule has 1 aliphatic heterocycles. The van der Waals surface area contributed by atoms with Crippen molar-refractivity contribution in [3.05, 3.63) is 54.3 Å². The molecule has 9 heteroatoms. The van der Waals surface area contributed by atoms with E-state index in [9.17, 15) is 9.18 Å². The van der Waals surface area contributed by atoms with Crippen LogP contribution in [0, 0.1) is 5.82 Å². The van der Waals surface area contributed by atoms with Crippen molar-refractivity contribution in [1.82, 2.24) is 20.0 Å². The van der Waals surface area contributed by atoms with Crippen LogP contribution < -0.4 is 4.90 Å². The number of piperazine rings is 1. The summed E-state index contributed by atoms with van der Waals surface area (Å²) in [5, 5.41) is 4.06. The molecule has 1 saturated carbocycles. The lowest BCUT2D eigenvalue weighted by Gasteiger charge is -2.35. The molecule has 0 bridgehead atoms. The predicted octanol–water partition coefficient (Wildman–Crippen LogP) is 3.59. The Kier molecular flexibility index (Phi) is 5.59. The maximum Gasteiger partial charge on any atom is 0.233 e. The Labute approximate surface area is 183 Å². The number of amides is 1. The first kappa shape index (κ1) is 20.0. The Morgan fingerprint density at radius 3 is 2.55 bits per heavy atom. The van der Waals surface area contributed by atoms with E-state index in [-0.39, 0.29) is 11.7 Å². The largest absolute Gasteiger partial charge is 0.353 e. The third-order valence-corrected chi connectivity index (χ3v) is 6.50. The SMILES string of the molecule is O=C(CSc1ccc(F)cc1)N1CCN(c2ccc(-c3noc(C4CC4)n3)cn2)CC1. The molecule has 7 nitrogen and oxygen atoms in total. The second-order valence-corrected chi connectivity index (χ2v) is 8.79. The minimum Gasteiger partial charge on any atom is -0.353 e. The normalized spacial score (nSPS) is 16.5. The maximum atomic E-state index is 13.0. The van der Waals surface area contributed by atoms with Gasteiger partial charge in [-0.3, -0.25) is 4.79 Å². The maximum absolute atomic E-state index is 13.0. The predicted molar refractivity (Wildman–Crippen MR) is 115 cm³/mol. The fourth-order valence-electron chi connectivity index (χ4n) is 3.51. The molecule has 0 atom stereocenters. The molecule has 2 aliphatic rings. The molecule has 1 amide bonds. The van der Waals surface area contributed by atoms with Gasteiger partial charge in [-0.25, -0.2) is 9.37 Å². The van der Waals surface area contributed by atoms with Crippen LogP contribution >= 0.6 is 11.8 Å². The average molecular weight is 440 g/mol. The molecule has 0 spiro atoms. The van der Waals surface area contributed by atoms with Crippen LogP contribution in [0.5, 0.6) is 0 Å². The average Bonchev–Trinajstić information content (AvgIpc) is 3.55. The summed E-state index contributed by atoms with van der Waals surface area (Å²) in [6.07, 6.45) is 4.02. The van der Waals surface area contributed by atoms with E-state index in [1.165, 1.54) is 23.9 Å². The zero-order valence-corrected chi connectivity index (χ0v) is 17.7. The fraction of sp³-hybridized carbons (Fsp3) is 0.364. The van der Waals surface area contributed by atoms with E-state index in [2.05, 4.69) is 20.0 Å². The number of anilines is 1. The number of halogens is 1. The molecular formula is C22H22FN5O2S. The number of nitrogens with zero attached hydrogens (tertiary/aromatic N) is 5. The molecule has 31 heavy (non-hydrogen) atoms. The van der Waals surface area contributed by atoms with Gasteiger partial charge in [-0.05, 0) is 49.2 Å². The van der Waals surface area contributed by atoms with Crippen molar-refractivity contribution in [2.24, 2.45) is 0 Å². The first-order valence-electron chi connectivity index (χ1n) is 10.4. The molecule has 0 unspecified atom stereocenters. The Balaban J connectivity index is 1.12. The van der Waals surface area contributed by atoms with E-state index in [1.54, 1.807) is 18.3 Å². The molecule has 5 rings (SSSR count). The highest BCUT2D eigenvalue weighted by Gasteiger charge is 2.30. The van der Waals surface area contributed by atoms with Crippen molar-refractivity contribution in [3.8, 4) is 11.4 Å². The summed E-state index contributed by atoms with van der Waals surface area (Å²) in [6.45, 7) is 2.77. The number of thioether (sulfide) groups is 1. The zero-order valence-electron chi connectivity index (χ0n) is 16.9. The number of rotatable bonds is 6. The Morgan fingerprint density at radius 2 is 1.87 bits per heavy atom. The van der Waals surface area contributed by atoms with Gasteiger partial charge in [0.05, 0.1) is 5.75 Å². The van der Waals surface area contributed by atoms with Gasteiger partial charge in [0.15, 0.2) is 0 Å². The number of carbonyl (C=O) groups is 1. The number of hydrogen-bond acceptors (Lipinski definition) is 7. The summed E-state index contributed by atoms with van der Waals surface area (Å²) in [4.78, 5) is 26.5. The summed E-state index contributed by atoms with van der Waals surface area (Å²) in [5.41, 5.74) is 0.839. The van der Waals surface area contributed by atoms with E-state index < -0.39 is 0 Å². The van der Waals surface area contributed by atoms with Crippen LogP contribution in [0.15, 0.2) is 52.0 Å². The number of pyridine rings is 1. The molecule has 2 fully saturated rings. The lowest BCUT2D eigenvalue weighted by atomic mass is 10.2. The van der Waals surface area contributed by atoms with Gasteiger partial charge in [0.1, 0.15) is 11.6 Å². The van der Waals surface area contributed by atoms with Gasteiger partial charge in [0, 0.05) is 48.8 Å². The van der Waals surface area contributed by atoms with Crippen molar-refractivity contribution in [2.75, 3.05) is 36.8 Å². The third kappa shape index (κ3) is 4.71. The first-order valence-corrected chi connectivity index (χ1v) is 11.4. The summed E-state index contributed by atoms with van der Waals surface area (Å²) < 4.78 is 18.3. The van der Waals surface area contributed by atoms with Gasteiger partial charge in [0.2, 0.25) is 17.6 Å². The van der Waals surface area contributed by atoms with Gasteiger partial charge in [-0.2, -0.15) is 4.98 Å². The van der Waals surface area contributed by atoms with E-state index in [0.717, 1.165) is 48.1 Å². The summed E-state index contributed by atoms with van der Waals surface area (Å²) in [7, 11) is 0. The van der Waals surface area contributed by atoms with E-state index in [1.807, 2.05) is 17.0 Å². The molecule has 1 saturated heterocycles. The van der Waals surface area contributed by atoms with E-state index in [4.69, 9.17) is 4.52 Å². The smallest absolute Gasteiger partial charge is 0.233 e. The monoisotopic (exact) mass is 439 g/mol. The minimum atomic E-state index is -0.270. The molecule has 0 radical (unpaired) electrons. The molecule has 3 aromatic rings. The second-order valence-electron chi connectivity index (χ2n) is 7.75. The van der Waals surface area contributed by atoms with E-state index >= 15 is 0 Å². The highest BCUT2D eigenvalue weighted by Crippen LogP contribution is 2.39. The van der Waals surface area contributed by atoms with Crippen LogP contribution in [0.25, 0.3) is 11.4 Å². The fourth-order valence-corrected chi connectivity index (χ4v) is 4.31. The van der Waals surface area contributed by atoms with Gasteiger partial charge in [0.25, 0.3) is 0 Å². The van der Waals surface area contributed by atoms with Gasteiger partial charge in [-0.15, -0.1) is 11.8 Å². The van der Waals surface area contributed by atoms with Crippen LogP contribution in [0.2, 0.25) is 0 Å². The van der Waals surface area contributed by atoms with Crippen LogP contribution in [0.4, 0.5) is 10.2 Å². The van der Waals surface area contributed by atoms with Crippen LogP contribution in [-0.4, -0.2) is 57.9 Å². The topological polar surface area (TPSA) is 75.4 Å². The summed E-state index contributed by atoms with van der Waals surface area (Å²) in [5.74, 6) is 2.79. The Hall–Kier alpha value is -2.94. The molecule has 3 heterocycles. The standard InChI is InChI=1S/C22H22FN5O2S/c23-17-4-6-18(7-5-17)31-14-20(29)28-11-9-27(10-12-28)19-8-3-16(13-24-19)21-25-22(30-26-21)15-1-2-15/h3-8,13,15H,1-2,9-12,14H2. The van der Waals surface area contributed by atoms with Gasteiger partial charge >= 0.3 is 0 Å². The first-order chi connectivity index (χ1) is 15.2. The molecule has 1 aromatic carbocycles. The molecule has 2 aromatic heterocycles. The quantitative estimate of drug-likeness (QED) is 0.543. The van der Waals surface area contributed by atoms with Crippen LogP contribution in [0.3, 0.4) is 0 Å². The molecule has 0 N–H and O–H groups in total. The highest BCUT2D eigenvalue weighted by atomic mass is 32.2. The lowest BCUT2D eigenvalue weighted by molar-refractivity contribution is -0.128. The number of carbonyl (C=O) groups excluding carboxylic acids is 1. The molecular weight excluding hydrogens is 417 g/mol. The Bertz CT molecular complexity index is 1040. The third-order valence-electron chi connectivity index (χ3n) is 5.51. The number of benzene rings is 1. The van der Waals surface area contributed by atoms with Crippen molar-refractivity contribution in [2.45, 2.75) is 23.7 Å². The summed E-state index contributed by atoms with van der Waals surface area (Å²) in [6, 6.07) is 10.1. The van der Waals surface area contributed by atoms with Gasteiger partial charge < -0.3 is 14.3 Å². The number of hydrogen-bond donors (Lipinski definition) is 0. The van der Waals surface area contributed by atoms with E-state index in [0.29, 0.717) is 30.6 Å². The second kappa shape index (κ2) is 8.66. The van der Waals surface area contributed by atoms with Crippen molar-refractivity contribution >= 4 is 23.5 Å². The van der Waals surface area contributed by atoms with Crippen molar-refractivity contribution in [1.29, 1.82) is 0 Å². The molecule has 160 valence electrons. The minimum absolute atomic E-state index is 0.0980. The lowest BCUT2D eigenvalue weighted by Crippen LogP contribution is -2.49. The van der Waals surface area contributed by atoms with Crippen molar-refractivity contribution < 1.29 is 13.7 Å². The van der Waals surface area contributed by atoms with Crippen LogP contribution in [-0.2, 0) is 4.79 Å². The van der Waals surface area contributed by atoms with Crippen molar-refractivity contribution in [3.63, 3.8) is 0 Å². The van der Waals surface area contributed by atoms with Crippen LogP contribution in [0.1, 0.15) is 24.7 Å².